The van der Waals surface area contributed by atoms with Crippen molar-refractivity contribution in [2.75, 3.05) is 0 Å². The van der Waals surface area contributed by atoms with Crippen LogP contribution in [-0.4, -0.2) is 20.7 Å². The van der Waals surface area contributed by atoms with Crippen LogP contribution in [0.4, 0.5) is 0 Å². The van der Waals surface area contributed by atoms with Gasteiger partial charge in [0.2, 0.25) is 0 Å². The second-order valence-electron chi connectivity index (χ2n) is 3.66. The molecular weight excluding hydrogens is 232 g/mol. The van der Waals surface area contributed by atoms with E-state index in [1.807, 2.05) is 0 Å². The lowest BCUT2D eigenvalue weighted by Gasteiger charge is -2.07. The maximum absolute atomic E-state index is 11.8. The number of carbonyl (C=O) groups excluding carboxylic acids is 1. The molecule has 2 heterocycles. The average Bonchev–Trinajstić information content (AvgIpc) is 2.39. The second kappa shape index (κ2) is 4.79. The maximum atomic E-state index is 11.8. The van der Waals surface area contributed by atoms with Crippen LogP contribution in [0.2, 0.25) is 0 Å². The molecule has 0 spiro atoms. The van der Waals surface area contributed by atoms with Crippen LogP contribution in [-0.2, 0) is 6.54 Å². The van der Waals surface area contributed by atoms with E-state index in [1.165, 1.54) is 10.7 Å². The summed E-state index contributed by atoms with van der Waals surface area (Å²) in [6, 6.07) is 4.90. The number of amides is 1. The van der Waals surface area contributed by atoms with Crippen molar-refractivity contribution in [2.24, 2.45) is 5.73 Å². The second-order valence-corrected chi connectivity index (χ2v) is 3.66. The number of nitrogens with zero attached hydrogens (tertiary/aromatic N) is 3. The van der Waals surface area contributed by atoms with Crippen molar-refractivity contribution >= 4 is 5.91 Å². The first-order valence-electron chi connectivity index (χ1n) is 5.46. The van der Waals surface area contributed by atoms with Gasteiger partial charge in [-0.25, -0.2) is 4.68 Å². The van der Waals surface area contributed by atoms with Gasteiger partial charge in [0.15, 0.2) is 0 Å². The lowest BCUT2D eigenvalue weighted by molar-refractivity contribution is 0.0998. The van der Waals surface area contributed by atoms with Crippen LogP contribution in [0.5, 0.6) is 0 Å². The van der Waals surface area contributed by atoms with Crippen LogP contribution in [0.1, 0.15) is 17.3 Å². The molecule has 0 aliphatic rings. The molecule has 0 fully saturated rings. The summed E-state index contributed by atoms with van der Waals surface area (Å²) in [4.78, 5) is 27.0. The molecule has 92 valence electrons. The highest BCUT2D eigenvalue weighted by Gasteiger charge is 2.12. The van der Waals surface area contributed by atoms with Crippen molar-refractivity contribution in [3.63, 3.8) is 0 Å². The van der Waals surface area contributed by atoms with Gasteiger partial charge in [0.1, 0.15) is 5.56 Å². The zero-order valence-corrected chi connectivity index (χ0v) is 9.83. The van der Waals surface area contributed by atoms with Gasteiger partial charge in [-0.05, 0) is 25.1 Å². The van der Waals surface area contributed by atoms with Gasteiger partial charge in [-0.15, -0.1) is 0 Å². The Bertz CT molecular complexity index is 634. The Balaban J connectivity index is 2.67. The number of rotatable bonds is 3. The van der Waals surface area contributed by atoms with E-state index in [2.05, 4.69) is 10.1 Å². The Morgan fingerprint density at radius 1 is 1.39 bits per heavy atom. The van der Waals surface area contributed by atoms with E-state index in [1.54, 1.807) is 31.5 Å². The molecule has 6 nitrogen and oxygen atoms in total. The van der Waals surface area contributed by atoms with Gasteiger partial charge < -0.3 is 5.73 Å². The molecule has 2 aromatic rings. The van der Waals surface area contributed by atoms with E-state index < -0.39 is 11.5 Å². The molecule has 0 radical (unpaired) electrons. The number of carbonyl (C=O) groups is 1. The summed E-state index contributed by atoms with van der Waals surface area (Å²) in [6.45, 7) is 2.15. The summed E-state index contributed by atoms with van der Waals surface area (Å²) < 4.78 is 1.22. The third-order valence-corrected chi connectivity index (χ3v) is 2.52. The molecule has 6 heteroatoms. The Labute approximate surface area is 103 Å². The van der Waals surface area contributed by atoms with Gasteiger partial charge in [0, 0.05) is 24.5 Å². The Morgan fingerprint density at radius 2 is 2.06 bits per heavy atom. The number of aryl methyl sites for hydroxylation is 1. The summed E-state index contributed by atoms with van der Waals surface area (Å²) in [5.74, 6) is -0.750. The van der Waals surface area contributed by atoms with Gasteiger partial charge in [-0.1, -0.05) is 0 Å². The highest BCUT2D eigenvalue weighted by atomic mass is 16.2. The summed E-state index contributed by atoms with van der Waals surface area (Å²) >= 11 is 0. The lowest BCUT2D eigenvalue weighted by Crippen LogP contribution is -2.31. The van der Waals surface area contributed by atoms with Crippen molar-refractivity contribution in [1.29, 1.82) is 0 Å². The van der Waals surface area contributed by atoms with Crippen LogP contribution < -0.4 is 11.3 Å². The number of hydrogen-bond donors (Lipinski definition) is 1. The molecule has 0 aromatic carbocycles. The molecule has 0 aliphatic heterocycles. The van der Waals surface area contributed by atoms with Crippen LogP contribution in [0.25, 0.3) is 11.3 Å². The maximum Gasteiger partial charge on any atom is 0.279 e. The molecule has 0 aliphatic carbocycles. The first kappa shape index (κ1) is 12.0. The van der Waals surface area contributed by atoms with E-state index in [-0.39, 0.29) is 5.56 Å². The van der Waals surface area contributed by atoms with Crippen LogP contribution in [0, 0.1) is 0 Å². The highest BCUT2D eigenvalue weighted by Crippen LogP contribution is 2.14. The predicted molar refractivity (Wildman–Crippen MR) is 65.9 cm³/mol. The summed E-state index contributed by atoms with van der Waals surface area (Å²) in [7, 11) is 0. The Kier molecular flexibility index (Phi) is 3.18. The average molecular weight is 244 g/mol. The third-order valence-electron chi connectivity index (χ3n) is 2.52. The minimum absolute atomic E-state index is 0.0568. The number of aromatic nitrogens is 3. The van der Waals surface area contributed by atoms with Gasteiger partial charge in [0.25, 0.3) is 11.5 Å². The van der Waals surface area contributed by atoms with Crippen LogP contribution >= 0.6 is 0 Å². The highest BCUT2D eigenvalue weighted by molar-refractivity contribution is 5.93. The molecule has 0 saturated heterocycles. The third kappa shape index (κ3) is 2.13. The minimum atomic E-state index is -0.750. The number of pyridine rings is 1. The standard InChI is InChI=1S/C12H12N4O2/c1-2-16-12(18)9(11(13)17)7-10(15-16)8-3-5-14-6-4-8/h3-7H,2H2,1H3,(H2,13,17). The quantitative estimate of drug-likeness (QED) is 0.847. The molecule has 1 amide bonds. The molecule has 2 rings (SSSR count). The van der Waals surface area contributed by atoms with Crippen molar-refractivity contribution in [2.45, 2.75) is 13.5 Å². The number of hydrogen-bond acceptors (Lipinski definition) is 4. The summed E-state index contributed by atoms with van der Waals surface area (Å²) in [5.41, 5.74) is 5.96. The molecule has 0 saturated carbocycles. The summed E-state index contributed by atoms with van der Waals surface area (Å²) in [5, 5.41) is 4.17. The largest absolute Gasteiger partial charge is 0.365 e. The van der Waals surface area contributed by atoms with E-state index in [0.717, 1.165) is 5.56 Å². The van der Waals surface area contributed by atoms with Crippen LogP contribution in [0.15, 0.2) is 35.4 Å². The normalized spacial score (nSPS) is 10.3. The molecule has 2 N–H and O–H groups in total. The topological polar surface area (TPSA) is 90.9 Å². The fourth-order valence-electron chi connectivity index (χ4n) is 1.60. The lowest BCUT2D eigenvalue weighted by atomic mass is 10.1. The van der Waals surface area contributed by atoms with E-state index in [4.69, 9.17) is 5.73 Å². The van der Waals surface area contributed by atoms with Gasteiger partial charge in [-0.2, -0.15) is 5.10 Å². The fourth-order valence-corrected chi connectivity index (χ4v) is 1.60. The molecule has 18 heavy (non-hydrogen) atoms. The monoisotopic (exact) mass is 244 g/mol. The first-order chi connectivity index (χ1) is 8.63. The molecule has 2 aromatic heterocycles. The predicted octanol–water partition coefficient (Wildman–Crippen LogP) is 0.424. The molecule has 0 bridgehead atoms. The smallest absolute Gasteiger partial charge is 0.279 e. The SMILES string of the molecule is CCn1nc(-c2ccncc2)cc(C(N)=O)c1=O. The van der Waals surface area contributed by atoms with Gasteiger partial charge in [0.05, 0.1) is 5.69 Å². The first-order valence-corrected chi connectivity index (χ1v) is 5.46. The number of nitrogens with two attached hydrogens (primary N) is 1. The van der Waals surface area contributed by atoms with E-state index in [9.17, 15) is 9.59 Å². The molecular formula is C12H12N4O2. The van der Waals surface area contributed by atoms with Gasteiger partial charge in [-0.3, -0.25) is 14.6 Å². The zero-order valence-electron chi connectivity index (χ0n) is 9.83. The molecule has 0 unspecified atom stereocenters. The van der Waals surface area contributed by atoms with Crippen molar-refractivity contribution in [3.05, 3.63) is 46.5 Å². The van der Waals surface area contributed by atoms with Crippen molar-refractivity contribution in [1.82, 2.24) is 14.8 Å². The van der Waals surface area contributed by atoms with E-state index in [0.29, 0.717) is 12.2 Å². The van der Waals surface area contributed by atoms with Crippen molar-refractivity contribution in [3.8, 4) is 11.3 Å². The fraction of sp³-hybridized carbons (Fsp3) is 0.167. The van der Waals surface area contributed by atoms with Gasteiger partial charge >= 0.3 is 0 Å². The number of primary amides is 1. The summed E-state index contributed by atoms with van der Waals surface area (Å²) in [6.07, 6.45) is 3.23. The molecule has 0 atom stereocenters. The minimum Gasteiger partial charge on any atom is -0.365 e. The van der Waals surface area contributed by atoms with E-state index >= 15 is 0 Å². The Hall–Kier alpha value is -2.50. The van der Waals surface area contributed by atoms with Crippen LogP contribution in [0.3, 0.4) is 0 Å². The Morgan fingerprint density at radius 3 is 2.61 bits per heavy atom. The zero-order chi connectivity index (χ0) is 13.1. The van der Waals surface area contributed by atoms with Crippen molar-refractivity contribution < 1.29 is 4.79 Å².